The van der Waals surface area contributed by atoms with Gasteiger partial charge in [0.2, 0.25) is 0 Å². The van der Waals surface area contributed by atoms with Crippen LogP contribution in [-0.2, 0) is 25.7 Å². The lowest BCUT2D eigenvalue weighted by Crippen LogP contribution is -2.30. The van der Waals surface area contributed by atoms with Crippen LogP contribution in [0.1, 0.15) is 87.8 Å². The zero-order valence-corrected chi connectivity index (χ0v) is 27.1. The second-order valence-electron chi connectivity index (χ2n) is 13.7. The zero-order valence-electron chi connectivity index (χ0n) is 27.1. The molecule has 4 aromatic carbocycles. The van der Waals surface area contributed by atoms with E-state index in [1.54, 1.807) is 11.1 Å². The van der Waals surface area contributed by atoms with E-state index in [4.69, 9.17) is 0 Å². The molecule has 0 spiro atoms. The fourth-order valence-corrected chi connectivity index (χ4v) is 8.21. The minimum Gasteiger partial charge on any atom is -0.0627 e. The lowest BCUT2D eigenvalue weighted by molar-refractivity contribution is 0.273. The Balaban J connectivity index is 1.51. The molecule has 0 fully saturated rings. The van der Waals surface area contributed by atoms with Gasteiger partial charge in [-0.05, 0) is 106 Å². The van der Waals surface area contributed by atoms with Crippen molar-refractivity contribution in [1.82, 2.24) is 0 Å². The minimum atomic E-state index is 0.0451. The molecule has 0 saturated heterocycles. The van der Waals surface area contributed by atoms with Gasteiger partial charge in [0, 0.05) is 5.41 Å². The van der Waals surface area contributed by atoms with E-state index in [0.717, 1.165) is 25.7 Å². The van der Waals surface area contributed by atoms with Crippen molar-refractivity contribution in [3.05, 3.63) is 129 Å². The molecule has 0 aliphatic heterocycles. The normalized spacial score (nSPS) is 14.2. The number of hydrogen-bond acceptors (Lipinski definition) is 0. The number of allylic oxidation sites excluding steroid dienone is 2. The van der Waals surface area contributed by atoms with Crippen molar-refractivity contribution < 1.29 is 0 Å². The molecule has 0 unspecified atom stereocenters. The quantitative estimate of drug-likeness (QED) is 0.180. The maximum absolute atomic E-state index is 2.62. The molecular weight excluding hydrogens is 516 g/mol. The van der Waals surface area contributed by atoms with Gasteiger partial charge in [0.1, 0.15) is 0 Å². The molecule has 2 aliphatic carbocycles. The van der Waals surface area contributed by atoms with Crippen LogP contribution in [0.2, 0.25) is 0 Å². The van der Waals surface area contributed by atoms with Crippen LogP contribution in [0.25, 0.3) is 34.4 Å². The Kier molecular flexibility index (Phi) is 8.32. The van der Waals surface area contributed by atoms with E-state index in [1.807, 2.05) is 0 Å². The predicted octanol–water partition coefficient (Wildman–Crippen LogP) is 11.8. The molecule has 0 radical (unpaired) electrons. The Bertz CT molecular complexity index is 1560. The van der Waals surface area contributed by atoms with E-state index in [9.17, 15) is 0 Å². The van der Waals surface area contributed by atoms with Crippen molar-refractivity contribution >= 4 is 12.2 Å². The van der Waals surface area contributed by atoms with Gasteiger partial charge in [-0.25, -0.2) is 0 Å². The third kappa shape index (κ3) is 5.46. The smallest absolute Gasteiger partial charge is 0.0139 e. The number of hydrogen-bond donors (Lipinski definition) is 0. The molecule has 43 heavy (non-hydrogen) atoms. The summed E-state index contributed by atoms with van der Waals surface area (Å²) in [5, 5.41) is 0. The summed E-state index contributed by atoms with van der Waals surface area (Å²) in [4.78, 5) is 0. The predicted molar refractivity (Wildman–Crippen MR) is 187 cm³/mol. The highest BCUT2D eigenvalue weighted by molar-refractivity contribution is 5.85. The van der Waals surface area contributed by atoms with Gasteiger partial charge in [-0.2, -0.15) is 0 Å². The molecule has 0 heterocycles. The van der Waals surface area contributed by atoms with Crippen molar-refractivity contribution in [3.63, 3.8) is 0 Å². The average Bonchev–Trinajstić information content (AvgIpc) is 3.65. The molecule has 0 bridgehead atoms. The van der Waals surface area contributed by atoms with Crippen molar-refractivity contribution in [1.29, 1.82) is 0 Å². The average molecular weight is 565 g/mol. The van der Waals surface area contributed by atoms with Crippen LogP contribution in [0.5, 0.6) is 0 Å². The highest BCUT2D eigenvalue weighted by atomic mass is 14.5. The Morgan fingerprint density at radius 3 is 1.30 bits per heavy atom. The van der Waals surface area contributed by atoms with Gasteiger partial charge in [0.25, 0.3) is 0 Å². The molecule has 4 aromatic rings. The number of aryl methyl sites for hydroxylation is 2. The lowest BCUT2D eigenvalue weighted by atomic mass is 9.63. The summed E-state index contributed by atoms with van der Waals surface area (Å²) in [5.41, 5.74) is 17.6. The molecule has 0 amide bonds. The fourth-order valence-electron chi connectivity index (χ4n) is 8.21. The van der Waals surface area contributed by atoms with Crippen LogP contribution in [0, 0.1) is 17.3 Å². The van der Waals surface area contributed by atoms with E-state index >= 15 is 0 Å². The zero-order chi connectivity index (χ0) is 30.1. The summed E-state index contributed by atoms with van der Waals surface area (Å²) >= 11 is 0. The van der Waals surface area contributed by atoms with E-state index < -0.39 is 0 Å². The van der Waals surface area contributed by atoms with Crippen molar-refractivity contribution in [3.8, 4) is 22.3 Å². The largest absolute Gasteiger partial charge is 0.0627 e. The molecule has 2 aliphatic rings. The third-order valence-electron chi connectivity index (χ3n) is 9.91. The molecule has 6 rings (SSSR count). The second-order valence-corrected chi connectivity index (χ2v) is 13.7. The summed E-state index contributed by atoms with van der Waals surface area (Å²) in [7, 11) is 0. The molecule has 0 saturated carbocycles. The van der Waals surface area contributed by atoms with Gasteiger partial charge in [-0.3, -0.25) is 0 Å². The molecule has 220 valence electrons. The Labute approximate surface area is 260 Å². The first kappa shape index (κ1) is 29.4. The number of benzene rings is 4. The van der Waals surface area contributed by atoms with Crippen molar-refractivity contribution in [2.24, 2.45) is 17.3 Å². The van der Waals surface area contributed by atoms with Crippen LogP contribution in [0.4, 0.5) is 0 Å². The summed E-state index contributed by atoms with van der Waals surface area (Å²) in [6.07, 6.45) is 11.8. The van der Waals surface area contributed by atoms with E-state index in [0.29, 0.717) is 11.8 Å². The summed E-state index contributed by atoms with van der Waals surface area (Å²) in [6.45, 7) is 14.2. The van der Waals surface area contributed by atoms with Gasteiger partial charge >= 0.3 is 0 Å². The summed E-state index contributed by atoms with van der Waals surface area (Å²) in [5.74, 6) is 1.21. The highest BCUT2D eigenvalue weighted by Crippen LogP contribution is 2.55. The van der Waals surface area contributed by atoms with Crippen LogP contribution < -0.4 is 0 Å². The van der Waals surface area contributed by atoms with Gasteiger partial charge in [0.15, 0.2) is 0 Å². The minimum absolute atomic E-state index is 0.0451. The van der Waals surface area contributed by atoms with Crippen LogP contribution in [0.3, 0.4) is 0 Å². The first-order chi connectivity index (χ1) is 20.8. The Hall–Kier alpha value is -3.64. The lowest BCUT2D eigenvalue weighted by Gasteiger charge is -2.40. The van der Waals surface area contributed by atoms with Gasteiger partial charge in [0.05, 0.1) is 0 Å². The number of fused-ring (bicyclic) bond motifs is 2. The second kappa shape index (κ2) is 12.2. The van der Waals surface area contributed by atoms with Crippen LogP contribution in [-0.4, -0.2) is 0 Å². The Morgan fingerprint density at radius 1 is 0.512 bits per heavy atom. The van der Waals surface area contributed by atoms with E-state index in [2.05, 4.69) is 139 Å². The molecule has 0 N–H and O–H groups in total. The molecule has 0 aromatic heterocycles. The Morgan fingerprint density at radius 2 is 0.907 bits per heavy atom. The summed E-state index contributed by atoms with van der Waals surface area (Å²) in [6, 6.07) is 32.0. The van der Waals surface area contributed by atoms with Crippen LogP contribution >= 0.6 is 0 Å². The molecular formula is C43H48. The van der Waals surface area contributed by atoms with E-state index in [1.165, 1.54) is 68.5 Å². The van der Waals surface area contributed by atoms with Crippen molar-refractivity contribution in [2.45, 2.75) is 80.1 Å². The van der Waals surface area contributed by atoms with Gasteiger partial charge in [-0.15, -0.1) is 0 Å². The van der Waals surface area contributed by atoms with E-state index in [-0.39, 0.29) is 5.41 Å². The van der Waals surface area contributed by atoms with Gasteiger partial charge in [-0.1, -0.05) is 150 Å². The maximum Gasteiger partial charge on any atom is 0.0139 e. The fraction of sp³-hybridized carbons (Fsp3) is 0.349. The highest BCUT2D eigenvalue weighted by Gasteiger charge is 2.42. The van der Waals surface area contributed by atoms with Crippen LogP contribution in [0.15, 0.2) is 96.1 Å². The maximum atomic E-state index is 2.62. The molecule has 0 heteroatoms. The van der Waals surface area contributed by atoms with Crippen molar-refractivity contribution in [2.75, 3.05) is 0 Å². The third-order valence-corrected chi connectivity index (χ3v) is 9.91. The SMILES string of the molecule is CCc1ccccc1-c1cccc2c1C=C(C(CC(C)C)(CC(C)C)C1=Cc3c(cccc3-c3ccccc3CC)C1)C2. The first-order valence-corrected chi connectivity index (χ1v) is 16.7. The number of rotatable bonds is 10. The first-order valence-electron chi connectivity index (χ1n) is 16.7. The molecule has 0 nitrogen and oxygen atoms in total. The molecule has 0 atom stereocenters. The summed E-state index contributed by atoms with van der Waals surface area (Å²) < 4.78 is 0. The van der Waals surface area contributed by atoms with Gasteiger partial charge < -0.3 is 0 Å². The topological polar surface area (TPSA) is 0 Å². The standard InChI is InChI=1S/C43H48/c1-7-31-15-9-11-19-37(31)39-21-13-17-33-23-35(25-41(33)39)43(27-29(3)4,28-30(5)6)36-24-34-18-14-22-40(42(34)26-36)38-20-12-10-16-32(38)8-2/h9-22,25-26,29-30H,7-8,23-24,27-28H2,1-6H3. The monoisotopic (exact) mass is 564 g/mol.